The van der Waals surface area contributed by atoms with Gasteiger partial charge in [0.05, 0.1) is 52.0 Å². The molecular weight excluding hydrogens is 698 g/mol. The third-order valence-corrected chi connectivity index (χ3v) is 10.9. The fourth-order valence-corrected chi connectivity index (χ4v) is 8.38. The Hall–Kier alpha value is -4.27. The number of benzene rings is 1. The van der Waals surface area contributed by atoms with Crippen LogP contribution in [0, 0.1) is 11.6 Å². The van der Waals surface area contributed by atoms with Gasteiger partial charge in [0.25, 0.3) is 0 Å². The first-order chi connectivity index (χ1) is 24.6. The van der Waals surface area contributed by atoms with E-state index in [1.807, 2.05) is 24.6 Å². The number of thiophene rings is 1. The van der Waals surface area contributed by atoms with Crippen molar-refractivity contribution in [1.29, 1.82) is 0 Å². The van der Waals surface area contributed by atoms with Crippen molar-refractivity contribution in [3.63, 3.8) is 0 Å². The number of aliphatic hydroxyl groups excluding tert-OH is 1. The minimum absolute atomic E-state index is 0.00871. The summed E-state index contributed by atoms with van der Waals surface area (Å²) in [6.45, 7) is 10.3. The van der Waals surface area contributed by atoms with Crippen LogP contribution in [0.25, 0.3) is 43.9 Å². The van der Waals surface area contributed by atoms with Gasteiger partial charge >= 0.3 is 0 Å². The Kier molecular flexibility index (Phi) is 9.92. The van der Waals surface area contributed by atoms with Crippen LogP contribution in [0.5, 0.6) is 5.75 Å². The molecule has 2 atom stereocenters. The summed E-state index contributed by atoms with van der Waals surface area (Å²) in [5, 5.41) is 17.2. The van der Waals surface area contributed by atoms with Gasteiger partial charge in [0, 0.05) is 85.6 Å². The van der Waals surface area contributed by atoms with Crippen LogP contribution < -0.4 is 4.74 Å². The van der Waals surface area contributed by atoms with Crippen molar-refractivity contribution in [3.05, 3.63) is 82.1 Å². The molecule has 10 nitrogen and oxygen atoms in total. The normalized spacial score (nSPS) is 17.4. The van der Waals surface area contributed by atoms with E-state index in [2.05, 4.69) is 17.5 Å². The van der Waals surface area contributed by atoms with Crippen molar-refractivity contribution in [1.82, 2.24) is 29.5 Å². The van der Waals surface area contributed by atoms with Gasteiger partial charge in [-0.05, 0) is 37.6 Å². The molecular formula is C37H37ClF2N6O4S. The summed E-state index contributed by atoms with van der Waals surface area (Å²) in [5.41, 5.74) is 5.12. The van der Waals surface area contributed by atoms with E-state index < -0.39 is 11.6 Å². The average molecular weight is 735 g/mol. The first-order valence-electron chi connectivity index (χ1n) is 16.7. The second-order valence-electron chi connectivity index (χ2n) is 12.8. The second kappa shape index (κ2) is 14.4. The van der Waals surface area contributed by atoms with Gasteiger partial charge < -0.3 is 19.5 Å². The Labute approximate surface area is 302 Å². The maximum absolute atomic E-state index is 16.3. The van der Waals surface area contributed by atoms with Crippen molar-refractivity contribution in [2.24, 2.45) is 0 Å². The molecule has 0 unspecified atom stereocenters. The van der Waals surface area contributed by atoms with Crippen molar-refractivity contribution in [2.75, 3.05) is 46.6 Å². The van der Waals surface area contributed by atoms with Crippen LogP contribution in [-0.2, 0) is 22.5 Å². The minimum Gasteiger partial charge on any atom is -0.490 e. The summed E-state index contributed by atoms with van der Waals surface area (Å²) in [7, 11) is 1.51. The summed E-state index contributed by atoms with van der Waals surface area (Å²) in [5.74, 6) is -1.88. The molecule has 0 fully saturated rings. The van der Waals surface area contributed by atoms with Crippen LogP contribution in [0.2, 0.25) is 5.02 Å². The number of methoxy groups -OCH3 is 1. The third-order valence-electron chi connectivity index (χ3n) is 9.53. The lowest BCUT2D eigenvalue weighted by molar-refractivity contribution is -0.129. The minimum atomic E-state index is -0.852. The number of fused-ring (bicyclic) bond motifs is 3. The number of carbonyl (C=O) groups excluding carboxylic acids is 1. The number of rotatable bonds is 10. The predicted molar refractivity (Wildman–Crippen MR) is 193 cm³/mol. The lowest BCUT2D eigenvalue weighted by atomic mass is 9.94. The molecule has 1 amide bonds. The number of hydrogen-bond acceptors (Lipinski definition) is 9. The molecule has 1 aromatic carbocycles. The zero-order valence-corrected chi connectivity index (χ0v) is 30.0. The molecule has 4 aromatic heterocycles. The van der Waals surface area contributed by atoms with Gasteiger partial charge in [0.2, 0.25) is 5.91 Å². The molecule has 7 rings (SSSR count). The Bertz CT molecular complexity index is 2160. The highest BCUT2D eigenvalue weighted by atomic mass is 35.5. The molecule has 6 heterocycles. The van der Waals surface area contributed by atoms with Crippen LogP contribution in [0.1, 0.15) is 42.9 Å². The molecule has 0 spiro atoms. The molecule has 5 aromatic rings. The number of carbonyl (C=O) groups is 1. The Morgan fingerprint density at radius 2 is 2.00 bits per heavy atom. The molecule has 51 heavy (non-hydrogen) atoms. The molecule has 0 aliphatic carbocycles. The lowest BCUT2D eigenvalue weighted by Gasteiger charge is -2.36. The van der Waals surface area contributed by atoms with E-state index in [9.17, 15) is 14.3 Å². The summed E-state index contributed by atoms with van der Waals surface area (Å²) in [6.07, 6.45) is 3.84. The van der Waals surface area contributed by atoms with E-state index in [1.165, 1.54) is 24.5 Å². The smallest absolute Gasteiger partial charge is 0.246 e. The SMILES string of the molecule is C=CC(=O)N1C[C@H](C)n2nc(-c3nc(-c4cnc5c(c4)CN(CCO)CC5)c4scc(Cl)c4c3-c3c(F)cc(F)cc3OCCOC)cc2[C@H]1C. The fourth-order valence-electron chi connectivity index (χ4n) is 7.06. The second-order valence-corrected chi connectivity index (χ2v) is 14.1. The highest BCUT2D eigenvalue weighted by Crippen LogP contribution is 2.50. The first kappa shape index (κ1) is 35.1. The molecule has 1 N–H and O–H groups in total. The van der Waals surface area contributed by atoms with Gasteiger partial charge in [0.15, 0.2) is 0 Å². The molecule has 0 saturated carbocycles. The number of ether oxygens (including phenoxy) is 2. The zero-order valence-electron chi connectivity index (χ0n) is 28.5. The maximum atomic E-state index is 16.3. The van der Waals surface area contributed by atoms with E-state index in [4.69, 9.17) is 36.1 Å². The quantitative estimate of drug-likeness (QED) is 0.123. The van der Waals surface area contributed by atoms with Crippen LogP contribution in [0.4, 0.5) is 8.78 Å². The van der Waals surface area contributed by atoms with Crippen LogP contribution >= 0.6 is 22.9 Å². The van der Waals surface area contributed by atoms with E-state index in [-0.39, 0.29) is 49.1 Å². The summed E-state index contributed by atoms with van der Waals surface area (Å²) in [4.78, 5) is 26.8. The zero-order chi connectivity index (χ0) is 36.0. The number of nitrogens with zero attached hydrogens (tertiary/aromatic N) is 6. The topological polar surface area (TPSA) is 106 Å². The van der Waals surface area contributed by atoms with Gasteiger partial charge in [0.1, 0.15) is 35.4 Å². The number of pyridine rings is 2. The predicted octanol–water partition coefficient (Wildman–Crippen LogP) is 6.85. The standard InChI is InChI=1S/C37H37ClF2N6O4S/c1-5-31(48)45-17-20(2)46-29(21(45)3)15-28(43-46)36-34(33-26(40)13-24(39)14-30(33)50-11-10-49-4)32-25(38)19-51-37(32)35(42-36)22-12-23-18-44(8-9-47)7-6-27(23)41-16-22/h5,12-16,19-21,47H,1,6-11,17-18H2,2-4H3/t20-,21+/m0/s1. The van der Waals surface area contributed by atoms with Crippen LogP contribution in [0.3, 0.4) is 0 Å². The van der Waals surface area contributed by atoms with Gasteiger partial charge in [-0.3, -0.25) is 19.4 Å². The maximum Gasteiger partial charge on any atom is 0.246 e. The number of aliphatic hydroxyl groups is 1. The molecule has 0 saturated heterocycles. The van der Waals surface area contributed by atoms with Crippen molar-refractivity contribution in [3.8, 4) is 39.5 Å². The molecule has 14 heteroatoms. The van der Waals surface area contributed by atoms with E-state index in [0.717, 1.165) is 47.6 Å². The van der Waals surface area contributed by atoms with E-state index >= 15 is 4.39 Å². The third kappa shape index (κ3) is 6.42. The first-order valence-corrected chi connectivity index (χ1v) is 17.9. The monoisotopic (exact) mass is 734 g/mol. The molecule has 266 valence electrons. The Morgan fingerprint density at radius 3 is 2.76 bits per heavy atom. The van der Waals surface area contributed by atoms with Crippen LogP contribution in [-0.4, -0.2) is 87.1 Å². The van der Waals surface area contributed by atoms with Gasteiger partial charge in [-0.2, -0.15) is 5.10 Å². The van der Waals surface area contributed by atoms with Crippen molar-refractivity contribution < 1.29 is 28.2 Å². The number of amides is 1. The fraction of sp³-hybridized carbons (Fsp3) is 0.351. The Balaban J connectivity index is 1.50. The van der Waals surface area contributed by atoms with Crippen molar-refractivity contribution in [2.45, 2.75) is 38.9 Å². The van der Waals surface area contributed by atoms with Gasteiger partial charge in [-0.25, -0.2) is 13.8 Å². The van der Waals surface area contributed by atoms with Gasteiger partial charge in [-0.1, -0.05) is 18.2 Å². The lowest BCUT2D eigenvalue weighted by Crippen LogP contribution is -2.42. The van der Waals surface area contributed by atoms with E-state index in [0.29, 0.717) is 57.4 Å². The Morgan fingerprint density at radius 1 is 1.18 bits per heavy atom. The van der Waals surface area contributed by atoms with Gasteiger partial charge in [-0.15, -0.1) is 11.3 Å². The summed E-state index contributed by atoms with van der Waals surface area (Å²) < 4.78 is 44.7. The van der Waals surface area contributed by atoms with Crippen LogP contribution in [0.15, 0.2) is 48.5 Å². The molecule has 0 bridgehead atoms. The number of hydrogen-bond donors (Lipinski definition) is 1. The highest BCUT2D eigenvalue weighted by molar-refractivity contribution is 7.18. The summed E-state index contributed by atoms with van der Waals surface area (Å²) >= 11 is 8.36. The number of aromatic nitrogens is 4. The highest BCUT2D eigenvalue weighted by Gasteiger charge is 2.34. The summed E-state index contributed by atoms with van der Waals surface area (Å²) in [6, 6.07) is 5.35. The number of β-amino-alcohol motifs (C(OH)–C–C–N with tert-alkyl or cyclic N) is 1. The molecule has 2 aliphatic heterocycles. The molecule has 2 aliphatic rings. The largest absolute Gasteiger partial charge is 0.490 e. The van der Waals surface area contributed by atoms with E-state index in [1.54, 1.807) is 16.5 Å². The van der Waals surface area contributed by atoms with Crippen molar-refractivity contribution >= 4 is 38.9 Å². The molecule has 0 radical (unpaired) electrons. The average Bonchev–Trinajstić information content (AvgIpc) is 3.74. The number of halogens is 3.